The SMILES string of the molecule is COc1cccc(CN2C[C@H](C(=O)NCC(C)(C)OC)CCC2=O)c1. The van der Waals surface area contributed by atoms with Gasteiger partial charge in [0.15, 0.2) is 0 Å². The first-order valence-corrected chi connectivity index (χ1v) is 8.58. The predicted molar refractivity (Wildman–Crippen MR) is 95.2 cm³/mol. The van der Waals surface area contributed by atoms with Crippen molar-refractivity contribution in [2.75, 3.05) is 27.3 Å². The van der Waals surface area contributed by atoms with Gasteiger partial charge in [-0.3, -0.25) is 9.59 Å². The maximum atomic E-state index is 12.4. The number of hydrogen-bond donors (Lipinski definition) is 1. The fourth-order valence-corrected chi connectivity index (χ4v) is 2.79. The van der Waals surface area contributed by atoms with Gasteiger partial charge in [-0.2, -0.15) is 0 Å². The van der Waals surface area contributed by atoms with Gasteiger partial charge in [-0.25, -0.2) is 0 Å². The standard InChI is InChI=1S/C19H28N2O4/c1-19(2,25-4)13-20-18(23)15-8-9-17(22)21(12-15)11-14-6-5-7-16(10-14)24-3/h5-7,10,15H,8-9,11-13H2,1-4H3,(H,20,23)/t15-/m1/s1. The van der Waals surface area contributed by atoms with Gasteiger partial charge in [-0.05, 0) is 38.0 Å². The van der Waals surface area contributed by atoms with E-state index in [0.717, 1.165) is 11.3 Å². The molecule has 1 heterocycles. The average molecular weight is 348 g/mol. The van der Waals surface area contributed by atoms with Crippen molar-refractivity contribution in [2.24, 2.45) is 5.92 Å². The Morgan fingerprint density at radius 2 is 2.12 bits per heavy atom. The molecule has 1 fully saturated rings. The van der Waals surface area contributed by atoms with Crippen LogP contribution in [0, 0.1) is 5.92 Å². The molecule has 1 aromatic carbocycles. The van der Waals surface area contributed by atoms with Crippen LogP contribution in [0.3, 0.4) is 0 Å². The fourth-order valence-electron chi connectivity index (χ4n) is 2.79. The van der Waals surface area contributed by atoms with Gasteiger partial charge in [0.2, 0.25) is 11.8 Å². The second-order valence-electron chi connectivity index (χ2n) is 7.04. The number of methoxy groups -OCH3 is 2. The summed E-state index contributed by atoms with van der Waals surface area (Å²) in [7, 11) is 3.24. The van der Waals surface area contributed by atoms with Crippen LogP contribution in [0.4, 0.5) is 0 Å². The first-order chi connectivity index (χ1) is 11.8. The van der Waals surface area contributed by atoms with Gasteiger partial charge in [0.05, 0.1) is 18.6 Å². The molecule has 1 atom stereocenters. The van der Waals surface area contributed by atoms with Gasteiger partial charge in [-0.1, -0.05) is 12.1 Å². The summed E-state index contributed by atoms with van der Waals surface area (Å²) in [5, 5.41) is 2.94. The minimum atomic E-state index is -0.402. The molecule has 0 aliphatic carbocycles. The van der Waals surface area contributed by atoms with E-state index >= 15 is 0 Å². The molecule has 0 unspecified atom stereocenters. The van der Waals surface area contributed by atoms with Crippen LogP contribution >= 0.6 is 0 Å². The predicted octanol–water partition coefficient (Wildman–Crippen LogP) is 1.97. The van der Waals surface area contributed by atoms with Crippen molar-refractivity contribution in [2.45, 2.75) is 38.8 Å². The Bertz CT molecular complexity index is 615. The minimum Gasteiger partial charge on any atom is -0.497 e. The van der Waals surface area contributed by atoms with E-state index in [1.54, 1.807) is 19.1 Å². The summed E-state index contributed by atoms with van der Waals surface area (Å²) in [5.41, 5.74) is 0.592. The molecule has 0 spiro atoms. The van der Waals surface area contributed by atoms with Crippen molar-refractivity contribution in [3.05, 3.63) is 29.8 Å². The number of amides is 2. The molecular formula is C19H28N2O4. The number of piperidine rings is 1. The third kappa shape index (κ3) is 5.46. The maximum absolute atomic E-state index is 12.4. The molecule has 2 rings (SSSR count). The van der Waals surface area contributed by atoms with Crippen LogP contribution in [-0.4, -0.2) is 49.6 Å². The molecule has 1 aliphatic rings. The molecule has 1 aromatic rings. The van der Waals surface area contributed by atoms with E-state index in [2.05, 4.69) is 5.32 Å². The van der Waals surface area contributed by atoms with E-state index in [1.807, 2.05) is 38.1 Å². The van der Waals surface area contributed by atoms with Crippen molar-refractivity contribution >= 4 is 11.8 Å². The largest absolute Gasteiger partial charge is 0.497 e. The van der Waals surface area contributed by atoms with Crippen molar-refractivity contribution in [1.29, 1.82) is 0 Å². The summed E-state index contributed by atoms with van der Waals surface area (Å²) in [6.07, 6.45) is 0.989. The number of hydrogen-bond acceptors (Lipinski definition) is 4. The van der Waals surface area contributed by atoms with Gasteiger partial charge in [0, 0.05) is 33.2 Å². The molecule has 2 amide bonds. The van der Waals surface area contributed by atoms with Crippen LogP contribution in [-0.2, 0) is 20.9 Å². The molecule has 25 heavy (non-hydrogen) atoms. The Morgan fingerprint density at radius 3 is 2.80 bits per heavy atom. The molecule has 1 aliphatic heterocycles. The van der Waals surface area contributed by atoms with Gasteiger partial charge in [0.25, 0.3) is 0 Å². The van der Waals surface area contributed by atoms with E-state index in [-0.39, 0.29) is 17.7 Å². The smallest absolute Gasteiger partial charge is 0.225 e. The first-order valence-electron chi connectivity index (χ1n) is 8.58. The molecular weight excluding hydrogens is 320 g/mol. The number of carbonyl (C=O) groups excluding carboxylic acids is 2. The van der Waals surface area contributed by atoms with Crippen molar-refractivity contribution < 1.29 is 19.1 Å². The summed E-state index contributed by atoms with van der Waals surface area (Å²) >= 11 is 0. The molecule has 0 aromatic heterocycles. The van der Waals surface area contributed by atoms with E-state index in [9.17, 15) is 9.59 Å². The molecule has 0 radical (unpaired) electrons. The average Bonchev–Trinajstić information content (AvgIpc) is 2.62. The monoisotopic (exact) mass is 348 g/mol. The summed E-state index contributed by atoms with van der Waals surface area (Å²) < 4.78 is 10.5. The quantitative estimate of drug-likeness (QED) is 0.818. The number of carbonyl (C=O) groups is 2. The van der Waals surface area contributed by atoms with E-state index in [4.69, 9.17) is 9.47 Å². The summed E-state index contributed by atoms with van der Waals surface area (Å²) in [6.45, 7) is 5.22. The Balaban J connectivity index is 1.96. The van der Waals surface area contributed by atoms with Crippen LogP contribution in [0.25, 0.3) is 0 Å². The highest BCUT2D eigenvalue weighted by molar-refractivity contribution is 5.83. The second-order valence-corrected chi connectivity index (χ2v) is 7.04. The van der Waals surface area contributed by atoms with Crippen molar-refractivity contribution in [3.63, 3.8) is 0 Å². The third-order valence-electron chi connectivity index (χ3n) is 4.62. The van der Waals surface area contributed by atoms with Crippen LogP contribution in [0.15, 0.2) is 24.3 Å². The number of ether oxygens (including phenoxy) is 2. The topological polar surface area (TPSA) is 67.9 Å². The molecule has 0 bridgehead atoms. The lowest BCUT2D eigenvalue weighted by Gasteiger charge is -2.33. The lowest BCUT2D eigenvalue weighted by Crippen LogP contribution is -2.48. The molecule has 6 heteroatoms. The van der Waals surface area contributed by atoms with Gasteiger partial charge < -0.3 is 19.7 Å². The van der Waals surface area contributed by atoms with Crippen LogP contribution in [0.5, 0.6) is 5.75 Å². The zero-order valence-electron chi connectivity index (χ0n) is 15.5. The highest BCUT2D eigenvalue weighted by Gasteiger charge is 2.31. The minimum absolute atomic E-state index is 0.0201. The van der Waals surface area contributed by atoms with Gasteiger partial charge >= 0.3 is 0 Å². The Hall–Kier alpha value is -2.08. The van der Waals surface area contributed by atoms with Crippen molar-refractivity contribution in [1.82, 2.24) is 10.2 Å². The normalized spacial score (nSPS) is 18.2. The third-order valence-corrected chi connectivity index (χ3v) is 4.62. The van der Waals surface area contributed by atoms with Gasteiger partial charge in [0.1, 0.15) is 5.75 Å². The summed E-state index contributed by atoms with van der Waals surface area (Å²) in [4.78, 5) is 26.4. The van der Waals surface area contributed by atoms with E-state index in [0.29, 0.717) is 32.5 Å². The highest BCUT2D eigenvalue weighted by atomic mass is 16.5. The first kappa shape index (κ1) is 19.2. The van der Waals surface area contributed by atoms with E-state index < -0.39 is 5.60 Å². The second kappa shape index (κ2) is 8.34. The summed E-state index contributed by atoms with van der Waals surface area (Å²) in [6, 6.07) is 7.65. The lowest BCUT2D eigenvalue weighted by molar-refractivity contribution is -0.139. The fraction of sp³-hybridized carbons (Fsp3) is 0.579. The molecule has 6 nitrogen and oxygen atoms in total. The number of nitrogens with zero attached hydrogens (tertiary/aromatic N) is 1. The zero-order chi connectivity index (χ0) is 18.4. The Morgan fingerprint density at radius 1 is 1.36 bits per heavy atom. The number of likely N-dealkylation sites (tertiary alicyclic amines) is 1. The number of rotatable bonds is 7. The Kier molecular flexibility index (Phi) is 6.42. The van der Waals surface area contributed by atoms with E-state index in [1.165, 1.54) is 0 Å². The summed E-state index contributed by atoms with van der Waals surface area (Å²) in [5.74, 6) is 0.645. The van der Waals surface area contributed by atoms with Crippen molar-refractivity contribution in [3.8, 4) is 5.75 Å². The number of benzene rings is 1. The van der Waals surface area contributed by atoms with Crippen LogP contribution < -0.4 is 10.1 Å². The zero-order valence-corrected chi connectivity index (χ0v) is 15.5. The van der Waals surface area contributed by atoms with Crippen LogP contribution in [0.1, 0.15) is 32.3 Å². The van der Waals surface area contributed by atoms with Crippen LogP contribution in [0.2, 0.25) is 0 Å². The number of nitrogens with one attached hydrogen (secondary N) is 1. The molecule has 0 saturated carbocycles. The molecule has 1 N–H and O–H groups in total. The maximum Gasteiger partial charge on any atom is 0.225 e. The van der Waals surface area contributed by atoms with Gasteiger partial charge in [-0.15, -0.1) is 0 Å². The molecule has 138 valence electrons. The lowest BCUT2D eigenvalue weighted by atomic mass is 9.95. The highest BCUT2D eigenvalue weighted by Crippen LogP contribution is 2.22. The Labute approximate surface area is 149 Å². The molecule has 1 saturated heterocycles.